The number of halogens is 1. The van der Waals surface area contributed by atoms with Crippen molar-refractivity contribution in [1.29, 1.82) is 0 Å². The number of fused-ring (bicyclic) bond motifs is 1. The Labute approximate surface area is 128 Å². The Morgan fingerprint density at radius 2 is 2.05 bits per heavy atom. The van der Waals surface area contributed by atoms with E-state index in [1.54, 1.807) is 0 Å². The molecule has 4 nitrogen and oxygen atoms in total. The number of likely N-dealkylation sites (N-methyl/N-ethyl adjacent to an activating group) is 1. The van der Waals surface area contributed by atoms with Gasteiger partial charge in [0.05, 0.1) is 11.2 Å². The lowest BCUT2D eigenvalue weighted by Crippen LogP contribution is -2.40. The molecule has 0 aliphatic heterocycles. The monoisotopic (exact) mass is 336 g/mol. The zero-order valence-electron chi connectivity index (χ0n) is 12.4. The average molecular weight is 337 g/mol. The number of hydrogen-bond acceptors (Lipinski definition) is 4. The van der Waals surface area contributed by atoms with Crippen molar-refractivity contribution in [2.75, 3.05) is 25.0 Å². The van der Waals surface area contributed by atoms with Crippen molar-refractivity contribution >= 4 is 32.7 Å². The van der Waals surface area contributed by atoms with Crippen molar-refractivity contribution in [3.8, 4) is 0 Å². The fourth-order valence-electron chi connectivity index (χ4n) is 2.02. The van der Waals surface area contributed by atoms with Crippen LogP contribution >= 0.6 is 15.9 Å². The van der Waals surface area contributed by atoms with Gasteiger partial charge in [-0.3, -0.25) is 9.97 Å². The van der Waals surface area contributed by atoms with Gasteiger partial charge in [-0.2, -0.15) is 0 Å². The predicted octanol–water partition coefficient (Wildman–Crippen LogP) is 3.22. The number of nitrogens with one attached hydrogen (secondary N) is 1. The lowest BCUT2D eigenvalue weighted by atomic mass is 10.1. The Kier molecular flexibility index (Phi) is 4.60. The topological polar surface area (TPSA) is 41.0 Å². The molecule has 0 amide bonds. The molecule has 0 aromatic carbocycles. The van der Waals surface area contributed by atoms with Crippen molar-refractivity contribution in [1.82, 2.24) is 15.3 Å². The van der Waals surface area contributed by atoms with Crippen LogP contribution in [0.3, 0.4) is 0 Å². The minimum absolute atomic E-state index is 0.143. The SMILES string of the molecule is CN(CCNC(C)(C)C)c1ccnc2cc(Br)cnc12. The summed E-state index contributed by atoms with van der Waals surface area (Å²) >= 11 is 3.43. The summed E-state index contributed by atoms with van der Waals surface area (Å²) in [5.41, 5.74) is 3.10. The van der Waals surface area contributed by atoms with Crippen LogP contribution in [0.2, 0.25) is 0 Å². The normalized spacial score (nSPS) is 11.8. The van der Waals surface area contributed by atoms with Gasteiger partial charge in [-0.05, 0) is 48.8 Å². The van der Waals surface area contributed by atoms with E-state index in [2.05, 4.69) is 63.9 Å². The van der Waals surface area contributed by atoms with E-state index in [0.717, 1.165) is 34.3 Å². The van der Waals surface area contributed by atoms with Crippen LogP contribution in [-0.2, 0) is 0 Å². The summed E-state index contributed by atoms with van der Waals surface area (Å²) in [4.78, 5) is 11.1. The molecule has 0 bridgehead atoms. The first-order valence-electron chi connectivity index (χ1n) is 6.73. The molecule has 5 heteroatoms. The van der Waals surface area contributed by atoms with Crippen molar-refractivity contribution < 1.29 is 0 Å². The van der Waals surface area contributed by atoms with Crippen LogP contribution in [-0.4, -0.2) is 35.6 Å². The van der Waals surface area contributed by atoms with E-state index in [1.807, 2.05) is 24.5 Å². The number of hydrogen-bond donors (Lipinski definition) is 1. The highest BCUT2D eigenvalue weighted by molar-refractivity contribution is 9.10. The molecule has 20 heavy (non-hydrogen) atoms. The van der Waals surface area contributed by atoms with Gasteiger partial charge >= 0.3 is 0 Å². The Morgan fingerprint density at radius 1 is 1.30 bits per heavy atom. The minimum Gasteiger partial charge on any atom is -0.371 e. The summed E-state index contributed by atoms with van der Waals surface area (Å²) in [7, 11) is 2.09. The molecular weight excluding hydrogens is 316 g/mol. The number of rotatable bonds is 4. The lowest BCUT2D eigenvalue weighted by Gasteiger charge is -2.25. The zero-order chi connectivity index (χ0) is 14.8. The number of aromatic nitrogens is 2. The third-order valence-corrected chi connectivity index (χ3v) is 3.47. The summed E-state index contributed by atoms with van der Waals surface area (Å²) in [6, 6.07) is 4.01. The minimum atomic E-state index is 0.143. The second-order valence-corrected chi connectivity index (χ2v) is 6.87. The third kappa shape index (κ3) is 3.90. The van der Waals surface area contributed by atoms with Gasteiger partial charge in [0.2, 0.25) is 0 Å². The third-order valence-electron chi connectivity index (χ3n) is 3.04. The van der Waals surface area contributed by atoms with Gasteiger partial charge < -0.3 is 10.2 Å². The maximum absolute atomic E-state index is 4.49. The van der Waals surface area contributed by atoms with E-state index < -0.39 is 0 Å². The van der Waals surface area contributed by atoms with Crippen LogP contribution in [0.15, 0.2) is 29.0 Å². The summed E-state index contributed by atoms with van der Waals surface area (Å²) in [6.07, 6.45) is 3.65. The number of anilines is 1. The summed E-state index contributed by atoms with van der Waals surface area (Å²) < 4.78 is 0.951. The Hall–Kier alpha value is -1.20. The van der Waals surface area contributed by atoms with E-state index in [0.29, 0.717) is 0 Å². The Bertz CT molecular complexity index is 592. The van der Waals surface area contributed by atoms with Crippen LogP contribution < -0.4 is 10.2 Å². The highest BCUT2D eigenvalue weighted by Gasteiger charge is 2.11. The molecule has 2 aromatic heterocycles. The standard InChI is InChI=1S/C15H21BrN4/c1-15(2,3)19-7-8-20(4)13-5-6-17-12-9-11(16)10-18-14(12)13/h5-6,9-10,19H,7-8H2,1-4H3. The molecule has 0 aliphatic carbocycles. The second-order valence-electron chi connectivity index (χ2n) is 5.95. The second kappa shape index (κ2) is 6.06. The van der Waals surface area contributed by atoms with Gasteiger partial charge in [0.15, 0.2) is 0 Å². The van der Waals surface area contributed by atoms with Crippen molar-refractivity contribution in [3.05, 3.63) is 29.0 Å². The van der Waals surface area contributed by atoms with E-state index in [1.165, 1.54) is 0 Å². The Morgan fingerprint density at radius 3 is 2.75 bits per heavy atom. The van der Waals surface area contributed by atoms with Gasteiger partial charge in [0.1, 0.15) is 5.52 Å². The number of pyridine rings is 2. The van der Waals surface area contributed by atoms with Crippen molar-refractivity contribution in [3.63, 3.8) is 0 Å². The molecule has 0 aliphatic rings. The van der Waals surface area contributed by atoms with E-state index in [4.69, 9.17) is 0 Å². The molecule has 2 heterocycles. The highest BCUT2D eigenvalue weighted by atomic mass is 79.9. The first kappa shape index (κ1) is 15.2. The maximum Gasteiger partial charge on any atom is 0.112 e. The molecule has 0 radical (unpaired) electrons. The molecule has 0 atom stereocenters. The summed E-state index contributed by atoms with van der Waals surface area (Å²) in [5, 5.41) is 3.49. The summed E-state index contributed by atoms with van der Waals surface area (Å²) in [5.74, 6) is 0. The van der Waals surface area contributed by atoms with E-state index in [-0.39, 0.29) is 5.54 Å². The lowest BCUT2D eigenvalue weighted by molar-refractivity contribution is 0.431. The van der Waals surface area contributed by atoms with Crippen LogP contribution in [0.1, 0.15) is 20.8 Å². The van der Waals surface area contributed by atoms with Crippen molar-refractivity contribution in [2.24, 2.45) is 0 Å². The molecule has 0 spiro atoms. The fraction of sp³-hybridized carbons (Fsp3) is 0.467. The van der Waals surface area contributed by atoms with Crippen LogP contribution in [0, 0.1) is 0 Å². The van der Waals surface area contributed by atoms with Gasteiger partial charge in [-0.1, -0.05) is 0 Å². The molecule has 0 fully saturated rings. The number of nitrogens with zero attached hydrogens (tertiary/aromatic N) is 3. The fourth-order valence-corrected chi connectivity index (χ4v) is 2.34. The highest BCUT2D eigenvalue weighted by Crippen LogP contribution is 2.24. The van der Waals surface area contributed by atoms with Gasteiger partial charge in [0.25, 0.3) is 0 Å². The van der Waals surface area contributed by atoms with Gasteiger partial charge in [-0.25, -0.2) is 0 Å². The molecule has 1 N–H and O–H groups in total. The largest absolute Gasteiger partial charge is 0.371 e. The van der Waals surface area contributed by atoms with Gasteiger partial charge in [0, 0.05) is 42.5 Å². The van der Waals surface area contributed by atoms with Gasteiger partial charge in [-0.15, -0.1) is 0 Å². The Balaban J connectivity index is 2.16. The first-order valence-corrected chi connectivity index (χ1v) is 7.52. The quantitative estimate of drug-likeness (QED) is 0.930. The molecule has 0 saturated heterocycles. The zero-order valence-corrected chi connectivity index (χ0v) is 14.0. The summed E-state index contributed by atoms with van der Waals surface area (Å²) in [6.45, 7) is 8.38. The van der Waals surface area contributed by atoms with E-state index >= 15 is 0 Å². The van der Waals surface area contributed by atoms with Crippen LogP contribution in [0.5, 0.6) is 0 Å². The first-order chi connectivity index (χ1) is 9.37. The molecule has 0 unspecified atom stereocenters. The molecule has 2 aromatic rings. The predicted molar refractivity (Wildman–Crippen MR) is 88.3 cm³/mol. The molecular formula is C15H21BrN4. The van der Waals surface area contributed by atoms with E-state index in [9.17, 15) is 0 Å². The molecule has 108 valence electrons. The van der Waals surface area contributed by atoms with Crippen LogP contribution in [0.25, 0.3) is 11.0 Å². The average Bonchev–Trinajstić information content (AvgIpc) is 2.36. The molecule has 0 saturated carbocycles. The molecule has 2 rings (SSSR count). The smallest absolute Gasteiger partial charge is 0.112 e. The van der Waals surface area contributed by atoms with Crippen molar-refractivity contribution in [2.45, 2.75) is 26.3 Å². The van der Waals surface area contributed by atoms with Crippen LogP contribution in [0.4, 0.5) is 5.69 Å². The maximum atomic E-state index is 4.49.